The largest absolute Gasteiger partial charge is 0.496 e. The predicted octanol–water partition coefficient (Wildman–Crippen LogP) is 1.75. The minimum Gasteiger partial charge on any atom is -0.496 e. The summed E-state index contributed by atoms with van der Waals surface area (Å²) < 4.78 is 5.21. The lowest BCUT2D eigenvalue weighted by molar-refractivity contribution is 0.215. The van der Waals surface area contributed by atoms with Crippen LogP contribution in [0.15, 0.2) is 42.6 Å². The third-order valence-electron chi connectivity index (χ3n) is 2.60. The normalized spacial score (nSPS) is 12.1. The molecule has 0 fully saturated rings. The Morgan fingerprint density at radius 1 is 1.18 bits per heavy atom. The molecule has 1 atom stereocenters. The number of nitrogens with two attached hydrogens (primary N) is 1. The Hall–Kier alpha value is -2.07. The van der Waals surface area contributed by atoms with Crippen molar-refractivity contribution in [2.24, 2.45) is 0 Å². The van der Waals surface area contributed by atoms with Crippen molar-refractivity contribution < 1.29 is 9.84 Å². The lowest BCUT2D eigenvalue weighted by Crippen LogP contribution is -2.06. The Kier molecular flexibility index (Phi) is 3.25. The van der Waals surface area contributed by atoms with Crippen LogP contribution in [0.3, 0.4) is 0 Å². The number of ether oxygens (including phenoxy) is 1. The molecule has 4 heteroatoms. The molecular formula is C13H14N2O2. The second kappa shape index (κ2) is 4.84. The van der Waals surface area contributed by atoms with Gasteiger partial charge in [-0.05, 0) is 12.1 Å². The van der Waals surface area contributed by atoms with E-state index in [1.54, 1.807) is 37.6 Å². The van der Waals surface area contributed by atoms with E-state index in [2.05, 4.69) is 4.98 Å². The molecule has 0 amide bonds. The number of rotatable bonds is 3. The van der Waals surface area contributed by atoms with Gasteiger partial charge in [0.05, 0.1) is 7.11 Å². The van der Waals surface area contributed by atoms with Gasteiger partial charge in [0.25, 0.3) is 0 Å². The summed E-state index contributed by atoms with van der Waals surface area (Å²) in [5.74, 6) is 0.953. The van der Waals surface area contributed by atoms with Crippen LogP contribution in [-0.4, -0.2) is 17.2 Å². The van der Waals surface area contributed by atoms with Crippen molar-refractivity contribution in [2.75, 3.05) is 12.8 Å². The molecule has 1 unspecified atom stereocenters. The number of para-hydroxylation sites is 1. The number of aliphatic hydroxyl groups excluding tert-OH is 1. The molecular weight excluding hydrogens is 216 g/mol. The number of hydrogen-bond acceptors (Lipinski definition) is 4. The van der Waals surface area contributed by atoms with E-state index in [4.69, 9.17) is 10.5 Å². The highest BCUT2D eigenvalue weighted by atomic mass is 16.5. The molecule has 0 radical (unpaired) electrons. The number of nitrogen functional groups attached to an aromatic ring is 1. The fourth-order valence-electron chi connectivity index (χ4n) is 1.72. The van der Waals surface area contributed by atoms with Crippen LogP contribution in [-0.2, 0) is 0 Å². The molecule has 88 valence electrons. The number of aliphatic hydroxyl groups is 1. The monoisotopic (exact) mass is 230 g/mol. The highest BCUT2D eigenvalue weighted by molar-refractivity contribution is 5.47. The van der Waals surface area contributed by atoms with Crippen LogP contribution in [0.1, 0.15) is 17.2 Å². The van der Waals surface area contributed by atoms with Gasteiger partial charge in [0, 0.05) is 17.3 Å². The van der Waals surface area contributed by atoms with E-state index in [0.29, 0.717) is 22.7 Å². The number of pyridine rings is 1. The first-order valence-electron chi connectivity index (χ1n) is 5.25. The Balaban J connectivity index is 2.44. The molecule has 0 saturated heterocycles. The number of anilines is 1. The van der Waals surface area contributed by atoms with Crippen molar-refractivity contribution in [1.82, 2.24) is 4.98 Å². The smallest absolute Gasteiger partial charge is 0.129 e. The molecule has 0 aliphatic carbocycles. The molecule has 2 rings (SSSR count). The Bertz CT molecular complexity index is 514. The second-order valence-electron chi connectivity index (χ2n) is 3.62. The fraction of sp³-hybridized carbons (Fsp3) is 0.154. The van der Waals surface area contributed by atoms with Crippen LogP contribution in [0.4, 0.5) is 5.82 Å². The van der Waals surface area contributed by atoms with E-state index in [-0.39, 0.29) is 0 Å². The first kappa shape index (κ1) is 11.4. The van der Waals surface area contributed by atoms with Gasteiger partial charge in [-0.25, -0.2) is 4.98 Å². The zero-order valence-electron chi connectivity index (χ0n) is 9.50. The summed E-state index contributed by atoms with van der Waals surface area (Å²) in [6.07, 6.45) is 0.758. The Morgan fingerprint density at radius 2 is 1.88 bits per heavy atom. The van der Waals surface area contributed by atoms with Gasteiger partial charge in [0.2, 0.25) is 0 Å². The first-order valence-corrected chi connectivity index (χ1v) is 5.25. The summed E-state index contributed by atoms with van der Waals surface area (Å²) in [4.78, 5) is 3.96. The van der Waals surface area contributed by atoms with E-state index in [9.17, 15) is 5.11 Å². The third kappa shape index (κ3) is 2.21. The average Bonchev–Trinajstić information content (AvgIpc) is 2.38. The van der Waals surface area contributed by atoms with Gasteiger partial charge in [-0.3, -0.25) is 0 Å². The molecule has 3 N–H and O–H groups in total. The Labute approximate surface area is 99.7 Å². The second-order valence-corrected chi connectivity index (χ2v) is 3.62. The Morgan fingerprint density at radius 3 is 2.59 bits per heavy atom. The fourth-order valence-corrected chi connectivity index (χ4v) is 1.72. The van der Waals surface area contributed by atoms with Crippen molar-refractivity contribution in [1.29, 1.82) is 0 Å². The van der Waals surface area contributed by atoms with Crippen LogP contribution in [0.2, 0.25) is 0 Å². The topological polar surface area (TPSA) is 68.4 Å². The molecule has 0 aliphatic rings. The molecule has 4 nitrogen and oxygen atoms in total. The molecule has 0 bridgehead atoms. The van der Waals surface area contributed by atoms with Gasteiger partial charge < -0.3 is 15.6 Å². The van der Waals surface area contributed by atoms with Crippen LogP contribution in [0.5, 0.6) is 5.75 Å². The number of nitrogens with zero attached hydrogens (tertiary/aromatic N) is 1. The lowest BCUT2D eigenvalue weighted by atomic mass is 10.0. The summed E-state index contributed by atoms with van der Waals surface area (Å²) in [6, 6.07) is 10.8. The maximum atomic E-state index is 10.3. The SMILES string of the molecule is COc1ccccc1C(O)c1cccnc1N. The highest BCUT2D eigenvalue weighted by Gasteiger charge is 2.17. The number of hydrogen-bond donors (Lipinski definition) is 2. The number of benzene rings is 1. The molecule has 0 aliphatic heterocycles. The van der Waals surface area contributed by atoms with Gasteiger partial charge in [0.1, 0.15) is 17.7 Å². The molecule has 1 aromatic heterocycles. The highest BCUT2D eigenvalue weighted by Crippen LogP contribution is 2.31. The van der Waals surface area contributed by atoms with E-state index in [1.165, 1.54) is 0 Å². The van der Waals surface area contributed by atoms with Crippen molar-refractivity contribution in [3.8, 4) is 5.75 Å². The van der Waals surface area contributed by atoms with E-state index in [1.807, 2.05) is 12.1 Å². The summed E-state index contributed by atoms with van der Waals surface area (Å²) in [6.45, 7) is 0. The van der Waals surface area contributed by atoms with E-state index >= 15 is 0 Å². The van der Waals surface area contributed by atoms with E-state index < -0.39 is 6.10 Å². The van der Waals surface area contributed by atoms with Crippen LogP contribution < -0.4 is 10.5 Å². The summed E-state index contributed by atoms with van der Waals surface area (Å²) >= 11 is 0. The zero-order valence-corrected chi connectivity index (χ0v) is 9.50. The minimum atomic E-state index is -0.833. The van der Waals surface area contributed by atoms with Crippen LogP contribution >= 0.6 is 0 Å². The molecule has 1 aromatic carbocycles. The predicted molar refractivity (Wildman–Crippen MR) is 65.7 cm³/mol. The summed E-state index contributed by atoms with van der Waals surface area (Å²) in [5.41, 5.74) is 6.99. The third-order valence-corrected chi connectivity index (χ3v) is 2.60. The maximum absolute atomic E-state index is 10.3. The number of aromatic nitrogens is 1. The summed E-state index contributed by atoms with van der Waals surface area (Å²) in [7, 11) is 1.57. The van der Waals surface area contributed by atoms with Crippen LogP contribution in [0.25, 0.3) is 0 Å². The quantitative estimate of drug-likeness (QED) is 0.843. The maximum Gasteiger partial charge on any atom is 0.129 e. The van der Waals surface area contributed by atoms with Gasteiger partial charge in [-0.2, -0.15) is 0 Å². The average molecular weight is 230 g/mol. The van der Waals surface area contributed by atoms with Crippen molar-refractivity contribution in [3.05, 3.63) is 53.7 Å². The molecule has 0 spiro atoms. The van der Waals surface area contributed by atoms with Gasteiger partial charge in [-0.15, -0.1) is 0 Å². The van der Waals surface area contributed by atoms with Crippen molar-refractivity contribution >= 4 is 5.82 Å². The van der Waals surface area contributed by atoms with Crippen molar-refractivity contribution in [2.45, 2.75) is 6.10 Å². The summed E-state index contributed by atoms with van der Waals surface area (Å²) in [5, 5.41) is 10.3. The zero-order chi connectivity index (χ0) is 12.3. The standard InChI is InChI=1S/C13H14N2O2/c1-17-11-7-3-2-5-9(11)12(16)10-6-4-8-15-13(10)14/h2-8,12,16H,1H3,(H2,14,15). The molecule has 0 saturated carbocycles. The lowest BCUT2D eigenvalue weighted by Gasteiger charge is -2.15. The first-order chi connectivity index (χ1) is 8.24. The van der Waals surface area contributed by atoms with Crippen LogP contribution in [0, 0.1) is 0 Å². The molecule has 17 heavy (non-hydrogen) atoms. The van der Waals surface area contributed by atoms with Gasteiger partial charge in [-0.1, -0.05) is 24.3 Å². The van der Waals surface area contributed by atoms with Gasteiger partial charge in [0.15, 0.2) is 0 Å². The van der Waals surface area contributed by atoms with Crippen molar-refractivity contribution in [3.63, 3.8) is 0 Å². The van der Waals surface area contributed by atoms with E-state index in [0.717, 1.165) is 0 Å². The van der Waals surface area contributed by atoms with Gasteiger partial charge >= 0.3 is 0 Å². The molecule has 2 aromatic rings. The number of methoxy groups -OCH3 is 1. The minimum absolute atomic E-state index is 0.325. The molecule has 1 heterocycles.